The molecule has 2 aromatic rings. The van der Waals surface area contributed by atoms with Gasteiger partial charge in [-0.2, -0.15) is 0 Å². The first-order valence-corrected chi connectivity index (χ1v) is 11.2. The molecule has 1 heterocycles. The number of ether oxygens (including phenoxy) is 1. The third kappa shape index (κ3) is 6.20. The van der Waals surface area contributed by atoms with Crippen LogP contribution in [0.25, 0.3) is 0 Å². The van der Waals surface area contributed by atoms with Crippen molar-refractivity contribution in [2.24, 2.45) is 5.92 Å². The lowest BCUT2D eigenvalue weighted by Crippen LogP contribution is -2.48. The number of carbonyl (C=O) groups is 2. The molecule has 0 saturated heterocycles. The van der Waals surface area contributed by atoms with Crippen LogP contribution in [0.3, 0.4) is 0 Å². The van der Waals surface area contributed by atoms with Gasteiger partial charge in [0.25, 0.3) is 0 Å². The summed E-state index contributed by atoms with van der Waals surface area (Å²) in [6.45, 7) is 6.33. The molecule has 168 valence electrons. The number of methoxy groups -OCH3 is 1. The highest BCUT2D eigenvalue weighted by molar-refractivity contribution is 5.86. The zero-order chi connectivity index (χ0) is 22.2. The van der Waals surface area contributed by atoms with Gasteiger partial charge >= 0.3 is 0 Å². The van der Waals surface area contributed by atoms with Crippen LogP contribution in [0.4, 0.5) is 0 Å². The first kappa shape index (κ1) is 23.1. The summed E-state index contributed by atoms with van der Waals surface area (Å²) >= 11 is 0. The normalized spacial score (nSPS) is 13.8. The highest BCUT2D eigenvalue weighted by Gasteiger charge is 2.31. The Kier molecular flexibility index (Phi) is 8.29. The number of carbonyl (C=O) groups excluding carboxylic acids is 2. The van der Waals surface area contributed by atoms with Gasteiger partial charge in [-0.25, -0.2) is 0 Å². The van der Waals surface area contributed by atoms with E-state index in [0.29, 0.717) is 19.7 Å². The van der Waals surface area contributed by atoms with Gasteiger partial charge in [0.05, 0.1) is 19.7 Å². The van der Waals surface area contributed by atoms with E-state index in [2.05, 4.69) is 29.0 Å². The maximum Gasteiger partial charge on any atom is 0.242 e. The molecule has 6 heteroatoms. The Labute approximate surface area is 185 Å². The van der Waals surface area contributed by atoms with Crippen LogP contribution in [0.1, 0.15) is 44.4 Å². The minimum absolute atomic E-state index is 0.0220. The molecule has 1 fully saturated rings. The molecular weight excluding hydrogens is 390 g/mol. The third-order valence-electron chi connectivity index (χ3n) is 6.05. The lowest BCUT2D eigenvalue weighted by Gasteiger charge is -2.34. The highest BCUT2D eigenvalue weighted by atomic mass is 16.5. The molecule has 31 heavy (non-hydrogen) atoms. The van der Waals surface area contributed by atoms with Gasteiger partial charge in [-0.05, 0) is 44.4 Å². The first-order chi connectivity index (χ1) is 15.0. The van der Waals surface area contributed by atoms with E-state index >= 15 is 0 Å². The molecule has 0 radical (unpaired) electrons. The van der Waals surface area contributed by atoms with Crippen molar-refractivity contribution in [3.05, 3.63) is 59.9 Å². The summed E-state index contributed by atoms with van der Waals surface area (Å²) in [5, 5.41) is 0. The molecule has 1 aromatic carbocycles. The quantitative estimate of drug-likeness (QED) is 0.553. The van der Waals surface area contributed by atoms with Gasteiger partial charge in [0, 0.05) is 44.0 Å². The molecule has 0 unspecified atom stereocenters. The fourth-order valence-corrected chi connectivity index (χ4v) is 3.90. The van der Waals surface area contributed by atoms with Crippen LogP contribution >= 0.6 is 0 Å². The smallest absolute Gasteiger partial charge is 0.242 e. The van der Waals surface area contributed by atoms with Crippen LogP contribution in [0.5, 0.6) is 0 Å². The van der Waals surface area contributed by atoms with Gasteiger partial charge in [-0.1, -0.05) is 36.8 Å². The summed E-state index contributed by atoms with van der Waals surface area (Å²) in [7, 11) is 1.62. The summed E-state index contributed by atoms with van der Waals surface area (Å²) in [5.41, 5.74) is 2.30. The molecule has 6 nitrogen and oxygen atoms in total. The number of aromatic nitrogens is 1. The first-order valence-electron chi connectivity index (χ1n) is 11.2. The second kappa shape index (κ2) is 11.1. The Bertz CT molecular complexity index is 843. The fraction of sp³-hybridized carbons (Fsp3) is 0.520. The molecule has 0 aliphatic heterocycles. The molecule has 1 aliphatic carbocycles. The van der Waals surface area contributed by atoms with E-state index in [9.17, 15) is 9.59 Å². The van der Waals surface area contributed by atoms with Gasteiger partial charge in [-0.15, -0.1) is 0 Å². The molecule has 2 amide bonds. The van der Waals surface area contributed by atoms with Crippen LogP contribution in [-0.2, 0) is 27.4 Å². The van der Waals surface area contributed by atoms with Crippen molar-refractivity contribution in [1.29, 1.82) is 0 Å². The monoisotopic (exact) mass is 425 g/mol. The molecule has 0 N–H and O–H groups in total. The minimum Gasteiger partial charge on any atom is -0.383 e. The van der Waals surface area contributed by atoms with Crippen molar-refractivity contribution >= 4 is 11.8 Å². The van der Waals surface area contributed by atoms with E-state index in [1.165, 1.54) is 5.56 Å². The standard InChI is InChI=1S/C25H35N3O3/c1-20(2)28(18-23-13-8-14-26(23)17-21-9-5-4-6-10-21)24(29)19-27(15-16-31-3)25(30)22-11-7-12-22/h4-6,8-10,13-14,20,22H,7,11-12,15-19H2,1-3H3. The summed E-state index contributed by atoms with van der Waals surface area (Å²) in [5.74, 6) is 0.138. The lowest BCUT2D eigenvalue weighted by atomic mass is 9.84. The van der Waals surface area contributed by atoms with Gasteiger partial charge in [-0.3, -0.25) is 9.59 Å². The van der Waals surface area contributed by atoms with Crippen molar-refractivity contribution < 1.29 is 14.3 Å². The second-order valence-electron chi connectivity index (χ2n) is 8.61. The molecule has 1 aromatic heterocycles. The lowest BCUT2D eigenvalue weighted by molar-refractivity contribution is -0.146. The Morgan fingerprint density at radius 3 is 2.48 bits per heavy atom. The van der Waals surface area contributed by atoms with Crippen molar-refractivity contribution in [2.75, 3.05) is 26.8 Å². The maximum absolute atomic E-state index is 13.3. The number of hydrogen-bond donors (Lipinski definition) is 0. The van der Waals surface area contributed by atoms with Gasteiger partial charge in [0.15, 0.2) is 0 Å². The largest absolute Gasteiger partial charge is 0.383 e. The topological polar surface area (TPSA) is 54.8 Å². The fourth-order valence-electron chi connectivity index (χ4n) is 3.90. The number of hydrogen-bond acceptors (Lipinski definition) is 3. The van der Waals surface area contributed by atoms with Crippen LogP contribution in [0.15, 0.2) is 48.7 Å². The molecule has 1 saturated carbocycles. The molecular formula is C25H35N3O3. The van der Waals surface area contributed by atoms with Crippen LogP contribution in [-0.4, -0.2) is 59.0 Å². The number of rotatable bonds is 11. The summed E-state index contributed by atoms with van der Waals surface area (Å²) in [4.78, 5) is 29.7. The van der Waals surface area contributed by atoms with Crippen molar-refractivity contribution in [2.45, 2.75) is 52.2 Å². The van der Waals surface area contributed by atoms with E-state index in [-0.39, 0.29) is 30.3 Å². The van der Waals surface area contributed by atoms with Crippen LogP contribution < -0.4 is 0 Å². The molecule has 0 bridgehead atoms. The third-order valence-corrected chi connectivity index (χ3v) is 6.05. The zero-order valence-electron chi connectivity index (χ0n) is 19.0. The Balaban J connectivity index is 1.69. The second-order valence-corrected chi connectivity index (χ2v) is 8.61. The number of benzene rings is 1. The Morgan fingerprint density at radius 2 is 1.87 bits per heavy atom. The van der Waals surface area contributed by atoms with Crippen LogP contribution in [0.2, 0.25) is 0 Å². The maximum atomic E-state index is 13.3. The minimum atomic E-state index is -0.0220. The highest BCUT2D eigenvalue weighted by Crippen LogP contribution is 2.28. The summed E-state index contributed by atoms with van der Waals surface area (Å²) in [6, 6.07) is 14.4. The van der Waals surface area contributed by atoms with Gasteiger partial charge in [0.2, 0.25) is 11.8 Å². The van der Waals surface area contributed by atoms with E-state index < -0.39 is 0 Å². The Hall–Kier alpha value is -2.60. The van der Waals surface area contributed by atoms with E-state index in [1.807, 2.05) is 43.0 Å². The van der Waals surface area contributed by atoms with E-state index in [4.69, 9.17) is 4.74 Å². The average molecular weight is 426 g/mol. The predicted molar refractivity (Wildman–Crippen MR) is 121 cm³/mol. The molecule has 3 rings (SSSR count). The molecule has 0 spiro atoms. The number of nitrogens with zero attached hydrogens (tertiary/aromatic N) is 3. The summed E-state index contributed by atoms with van der Waals surface area (Å²) in [6.07, 6.45) is 5.00. The van der Waals surface area contributed by atoms with Gasteiger partial charge < -0.3 is 19.1 Å². The van der Waals surface area contributed by atoms with E-state index in [0.717, 1.165) is 31.5 Å². The van der Waals surface area contributed by atoms with E-state index in [1.54, 1.807) is 12.0 Å². The predicted octanol–water partition coefficient (Wildman–Crippen LogP) is 3.55. The molecule has 0 atom stereocenters. The number of amides is 2. The van der Waals surface area contributed by atoms with Crippen LogP contribution in [0, 0.1) is 5.92 Å². The molecule has 1 aliphatic rings. The van der Waals surface area contributed by atoms with Crippen molar-refractivity contribution in [3.63, 3.8) is 0 Å². The average Bonchev–Trinajstić information content (AvgIpc) is 3.14. The zero-order valence-corrected chi connectivity index (χ0v) is 19.0. The van der Waals surface area contributed by atoms with Crippen molar-refractivity contribution in [3.8, 4) is 0 Å². The SMILES string of the molecule is COCCN(CC(=O)N(Cc1cccn1Cc1ccccc1)C(C)C)C(=O)C1CCC1. The summed E-state index contributed by atoms with van der Waals surface area (Å²) < 4.78 is 7.36. The van der Waals surface area contributed by atoms with Gasteiger partial charge in [0.1, 0.15) is 0 Å². The Morgan fingerprint density at radius 1 is 1.13 bits per heavy atom. The van der Waals surface area contributed by atoms with Crippen molar-refractivity contribution in [1.82, 2.24) is 14.4 Å².